The quantitative estimate of drug-likeness (QED) is 0.346. The van der Waals surface area contributed by atoms with Crippen molar-refractivity contribution in [3.63, 3.8) is 0 Å². The Morgan fingerprint density at radius 1 is 1.38 bits per heavy atom. The van der Waals surface area contributed by atoms with E-state index in [1.165, 1.54) is 6.20 Å². The van der Waals surface area contributed by atoms with Crippen LogP contribution in [0.25, 0.3) is 0 Å². The van der Waals surface area contributed by atoms with Crippen molar-refractivity contribution in [1.82, 2.24) is 10.6 Å². The van der Waals surface area contributed by atoms with E-state index in [-0.39, 0.29) is 13.3 Å². The molecule has 0 aliphatic carbocycles. The Morgan fingerprint density at radius 2 is 2.15 bits per heavy atom. The third-order valence-corrected chi connectivity index (χ3v) is 2.90. The van der Waals surface area contributed by atoms with Crippen molar-refractivity contribution < 1.29 is 22.6 Å². The molecule has 0 aromatic heterocycles. The van der Waals surface area contributed by atoms with Crippen LogP contribution in [-0.4, -0.2) is 39.2 Å². The largest absolute Gasteiger partial charge is 0.522 e. The predicted octanol–water partition coefficient (Wildman–Crippen LogP) is 1.58. The smallest absolute Gasteiger partial charge is 0.395 e. The molecule has 0 radical (unpaired) electrons. The van der Waals surface area contributed by atoms with Crippen LogP contribution in [0.3, 0.4) is 0 Å². The maximum atomic E-state index is 11.8. The van der Waals surface area contributed by atoms with Gasteiger partial charge in [0, 0.05) is 19.8 Å². The van der Waals surface area contributed by atoms with Crippen LogP contribution in [0.4, 0.5) is 13.2 Å². The molecule has 0 spiro atoms. The summed E-state index contributed by atoms with van der Waals surface area (Å²) in [6.07, 6.45) is -3.18. The van der Waals surface area contributed by atoms with E-state index < -0.39 is 13.0 Å². The van der Waals surface area contributed by atoms with Gasteiger partial charge in [0.05, 0.1) is 30.5 Å². The van der Waals surface area contributed by atoms with Crippen LogP contribution in [0.2, 0.25) is 0 Å². The fourth-order valence-electron chi connectivity index (χ4n) is 1.80. The van der Waals surface area contributed by atoms with E-state index in [9.17, 15) is 13.2 Å². The second-order valence-electron chi connectivity index (χ2n) is 4.89. The molecule has 0 heterocycles. The molecule has 0 aliphatic heterocycles. The zero-order valence-corrected chi connectivity index (χ0v) is 14.1. The highest BCUT2D eigenvalue weighted by Gasteiger charge is 2.28. The maximum Gasteiger partial charge on any atom is 0.522 e. The van der Waals surface area contributed by atoms with Crippen LogP contribution in [0.15, 0.2) is 41.2 Å². The Labute approximate surface area is 149 Å². The van der Waals surface area contributed by atoms with Gasteiger partial charge < -0.3 is 21.1 Å². The number of alkyl halides is 3. The Hall–Kier alpha value is -2.77. The molecule has 0 fully saturated rings. The zero-order valence-electron chi connectivity index (χ0n) is 14.1. The highest BCUT2D eigenvalue weighted by molar-refractivity contribution is 5.97. The van der Waals surface area contributed by atoms with Gasteiger partial charge in [0.2, 0.25) is 0 Å². The Morgan fingerprint density at radius 3 is 2.81 bits per heavy atom. The molecular formula is C16H20F3N5O2. The molecular weight excluding hydrogens is 351 g/mol. The van der Waals surface area contributed by atoms with Crippen molar-refractivity contribution >= 4 is 5.84 Å². The summed E-state index contributed by atoms with van der Waals surface area (Å²) in [5.74, 6) is 0.304. The third kappa shape index (κ3) is 8.91. The van der Waals surface area contributed by atoms with Gasteiger partial charge in [0.25, 0.3) is 0 Å². The maximum absolute atomic E-state index is 11.8. The van der Waals surface area contributed by atoms with Crippen LogP contribution in [0.1, 0.15) is 11.1 Å². The van der Waals surface area contributed by atoms with Crippen molar-refractivity contribution in [2.75, 3.05) is 27.0 Å². The first-order valence-electron chi connectivity index (χ1n) is 7.55. The first kappa shape index (κ1) is 21.3. The highest BCUT2D eigenvalue weighted by atomic mass is 19.4. The van der Waals surface area contributed by atoms with Crippen LogP contribution < -0.4 is 16.4 Å². The number of nitriles is 1. The van der Waals surface area contributed by atoms with E-state index in [2.05, 4.69) is 20.4 Å². The third-order valence-electron chi connectivity index (χ3n) is 2.90. The molecule has 0 saturated heterocycles. The van der Waals surface area contributed by atoms with Gasteiger partial charge in [-0.1, -0.05) is 12.1 Å². The molecule has 7 nitrogen and oxygen atoms in total. The number of nitrogens with one attached hydrogen (secondary N) is 2. The number of nitrogens with two attached hydrogens (primary N) is 1. The summed E-state index contributed by atoms with van der Waals surface area (Å²) in [7, 11) is 1.66. The lowest BCUT2D eigenvalue weighted by Gasteiger charge is -2.11. The van der Waals surface area contributed by atoms with Crippen molar-refractivity contribution in [1.29, 1.82) is 5.26 Å². The van der Waals surface area contributed by atoms with Gasteiger partial charge in [-0.3, -0.25) is 4.74 Å². The number of benzene rings is 1. The highest BCUT2D eigenvalue weighted by Crippen LogP contribution is 2.15. The van der Waals surface area contributed by atoms with Gasteiger partial charge in [0.15, 0.2) is 0 Å². The molecule has 0 unspecified atom stereocenters. The van der Waals surface area contributed by atoms with E-state index in [4.69, 9.17) is 15.7 Å². The van der Waals surface area contributed by atoms with E-state index in [0.29, 0.717) is 23.6 Å². The Bertz CT molecular complexity index is 669. The molecule has 1 rings (SSSR count). The number of halogens is 3. The molecule has 4 N–H and O–H groups in total. The van der Waals surface area contributed by atoms with E-state index in [1.54, 1.807) is 25.2 Å². The Balaban J connectivity index is 2.58. The monoisotopic (exact) mass is 371 g/mol. The van der Waals surface area contributed by atoms with Crippen LogP contribution in [-0.2, 0) is 16.0 Å². The second kappa shape index (κ2) is 11.0. The average molecular weight is 371 g/mol. The van der Waals surface area contributed by atoms with Gasteiger partial charge in [-0.25, -0.2) is 4.99 Å². The summed E-state index contributed by atoms with van der Waals surface area (Å²) in [6.45, 7) is -0.732. The molecule has 0 atom stereocenters. The van der Waals surface area contributed by atoms with Crippen LogP contribution >= 0.6 is 0 Å². The van der Waals surface area contributed by atoms with E-state index in [1.807, 2.05) is 12.1 Å². The fourth-order valence-corrected chi connectivity index (χ4v) is 1.80. The summed E-state index contributed by atoms with van der Waals surface area (Å²) < 4.78 is 44.1. The van der Waals surface area contributed by atoms with Gasteiger partial charge in [-0.15, -0.1) is 13.2 Å². The topological polar surface area (TPSA) is 105 Å². The summed E-state index contributed by atoms with van der Waals surface area (Å²) >= 11 is 0. The molecule has 10 heteroatoms. The zero-order chi connectivity index (χ0) is 19.4. The lowest BCUT2D eigenvalue weighted by Crippen LogP contribution is -2.30. The number of aliphatic imine (C=N–C) groups is 1. The predicted molar refractivity (Wildman–Crippen MR) is 89.6 cm³/mol. The molecule has 26 heavy (non-hydrogen) atoms. The molecule has 0 bridgehead atoms. The number of ether oxygens (including phenoxy) is 2. The number of nitrogens with zero attached hydrogens (tertiary/aromatic N) is 2. The average Bonchev–Trinajstić information content (AvgIpc) is 2.59. The van der Waals surface area contributed by atoms with Crippen molar-refractivity contribution in [2.45, 2.75) is 12.9 Å². The summed E-state index contributed by atoms with van der Waals surface area (Å²) in [6, 6.07) is 9.03. The van der Waals surface area contributed by atoms with Gasteiger partial charge in [-0.2, -0.15) is 5.26 Å². The van der Waals surface area contributed by atoms with E-state index >= 15 is 0 Å². The molecule has 0 saturated carbocycles. The molecule has 1 aromatic rings. The fraction of sp³-hybridized carbons (Fsp3) is 0.375. The summed E-state index contributed by atoms with van der Waals surface area (Å²) in [5, 5.41) is 14.7. The molecule has 0 aliphatic rings. The number of amidine groups is 1. The van der Waals surface area contributed by atoms with Crippen molar-refractivity contribution in [3.05, 3.63) is 47.3 Å². The minimum atomic E-state index is -4.68. The lowest BCUT2D eigenvalue weighted by molar-refractivity contribution is -0.327. The van der Waals surface area contributed by atoms with Crippen molar-refractivity contribution in [2.24, 2.45) is 10.7 Å². The SMILES string of the molecule is CN/C=C(N)\C(=N/COCCOC(F)(F)F)NCc1cccc(C#N)c1. The molecule has 142 valence electrons. The molecule has 0 amide bonds. The number of hydrogen-bond acceptors (Lipinski definition) is 6. The minimum absolute atomic E-state index is 0.194. The Kier molecular flexibility index (Phi) is 8.97. The van der Waals surface area contributed by atoms with E-state index in [0.717, 1.165) is 5.56 Å². The lowest BCUT2D eigenvalue weighted by atomic mass is 10.1. The van der Waals surface area contributed by atoms with Gasteiger partial charge >= 0.3 is 6.36 Å². The second-order valence-corrected chi connectivity index (χ2v) is 4.89. The van der Waals surface area contributed by atoms with Gasteiger partial charge in [0.1, 0.15) is 12.6 Å². The molecule has 1 aromatic carbocycles. The summed E-state index contributed by atoms with van der Waals surface area (Å²) in [5.41, 5.74) is 7.53. The van der Waals surface area contributed by atoms with Crippen LogP contribution in [0, 0.1) is 11.3 Å². The van der Waals surface area contributed by atoms with Gasteiger partial charge in [-0.05, 0) is 17.7 Å². The summed E-state index contributed by atoms with van der Waals surface area (Å²) in [4.78, 5) is 4.08. The normalized spacial score (nSPS) is 12.6. The first-order valence-corrected chi connectivity index (χ1v) is 7.55. The van der Waals surface area contributed by atoms with Crippen molar-refractivity contribution in [3.8, 4) is 6.07 Å². The standard InChI is InChI=1S/C16H20F3N5O2/c1-22-10-14(21)15(24-11-25-5-6-26-16(17,18)19)23-9-13-4-2-3-12(7-13)8-20/h2-4,7,10,22H,5-6,9,11,21H2,1H3,(H,23,24)/b14-10+. The first-order chi connectivity index (χ1) is 12.4. The van der Waals surface area contributed by atoms with Crippen LogP contribution in [0.5, 0.6) is 0 Å². The number of hydrogen-bond donors (Lipinski definition) is 3. The minimum Gasteiger partial charge on any atom is -0.395 e. The number of rotatable bonds is 9.